The van der Waals surface area contributed by atoms with Gasteiger partial charge in [0.15, 0.2) is 17.2 Å². The van der Waals surface area contributed by atoms with Crippen molar-refractivity contribution in [3.8, 4) is 5.75 Å². The summed E-state index contributed by atoms with van der Waals surface area (Å²) in [5.41, 5.74) is 3.98. The van der Waals surface area contributed by atoms with Gasteiger partial charge in [0, 0.05) is 31.1 Å². The van der Waals surface area contributed by atoms with E-state index in [-0.39, 0.29) is 18.4 Å². The fourth-order valence-corrected chi connectivity index (χ4v) is 5.43. The van der Waals surface area contributed by atoms with E-state index in [1.807, 2.05) is 36.4 Å². The number of aromatic nitrogens is 3. The predicted molar refractivity (Wildman–Crippen MR) is 136 cm³/mol. The number of amides is 2. The highest BCUT2D eigenvalue weighted by atomic mass is 35.5. The molecule has 0 bridgehead atoms. The third-order valence-electron chi connectivity index (χ3n) is 7.39. The Morgan fingerprint density at radius 2 is 1.95 bits per heavy atom. The third kappa shape index (κ3) is 3.68. The maximum Gasteiger partial charge on any atom is 0.275 e. The van der Waals surface area contributed by atoms with E-state index >= 15 is 0 Å². The van der Waals surface area contributed by atoms with Crippen molar-refractivity contribution in [1.29, 1.82) is 0 Å². The molecule has 4 aromatic rings. The Bertz CT molecular complexity index is 1560. The zero-order chi connectivity index (χ0) is 25.3. The molecule has 10 heteroatoms. The van der Waals surface area contributed by atoms with Crippen molar-refractivity contribution >= 4 is 40.2 Å². The number of rotatable bonds is 4. The van der Waals surface area contributed by atoms with Crippen LogP contribution >= 0.6 is 11.6 Å². The van der Waals surface area contributed by atoms with Gasteiger partial charge in [-0.25, -0.2) is 9.67 Å². The van der Waals surface area contributed by atoms with Gasteiger partial charge in [0.05, 0.1) is 12.2 Å². The summed E-state index contributed by atoms with van der Waals surface area (Å²) < 4.78 is 13.7. The highest BCUT2D eigenvalue weighted by Gasteiger charge is 2.41. The van der Waals surface area contributed by atoms with Crippen LogP contribution in [0.5, 0.6) is 5.75 Å². The molecule has 1 atom stereocenters. The number of nitrogens with zero attached hydrogens (tertiary/aromatic N) is 5. The van der Waals surface area contributed by atoms with Crippen LogP contribution in [-0.4, -0.2) is 57.7 Å². The summed E-state index contributed by atoms with van der Waals surface area (Å²) in [4.78, 5) is 34.9. The minimum atomic E-state index is -0.794. The molecular weight excluding hydrogens is 494 g/mol. The van der Waals surface area contributed by atoms with E-state index in [9.17, 15) is 9.59 Å². The molecule has 0 unspecified atom stereocenters. The first-order valence-electron chi connectivity index (χ1n) is 12.4. The van der Waals surface area contributed by atoms with Crippen LogP contribution in [0.25, 0.3) is 11.1 Å². The number of ether oxygens (including phenoxy) is 1. The average Bonchev–Trinajstić information content (AvgIpc) is 3.62. The first kappa shape index (κ1) is 22.4. The Labute approximate surface area is 217 Å². The van der Waals surface area contributed by atoms with Crippen molar-refractivity contribution in [3.05, 3.63) is 70.3 Å². The molecule has 2 aromatic heterocycles. The molecule has 188 valence electrons. The quantitative estimate of drug-likeness (QED) is 0.406. The van der Waals surface area contributed by atoms with Crippen LogP contribution in [0.1, 0.15) is 46.3 Å². The number of halogens is 1. The van der Waals surface area contributed by atoms with Crippen LogP contribution in [0.15, 0.2) is 46.9 Å². The minimum absolute atomic E-state index is 0.0326. The topological polar surface area (TPSA) is 93.7 Å². The zero-order valence-electron chi connectivity index (χ0n) is 20.2. The van der Waals surface area contributed by atoms with E-state index in [2.05, 4.69) is 10.1 Å². The highest BCUT2D eigenvalue weighted by Crippen LogP contribution is 2.43. The van der Waals surface area contributed by atoms with Gasteiger partial charge >= 0.3 is 0 Å². The molecule has 37 heavy (non-hydrogen) atoms. The molecule has 2 aromatic carbocycles. The number of carbonyl (C=O) groups excluding carboxylic acids is 2. The second kappa shape index (κ2) is 8.34. The molecule has 2 amide bonds. The fourth-order valence-electron chi connectivity index (χ4n) is 5.15. The zero-order valence-corrected chi connectivity index (χ0v) is 20.9. The lowest BCUT2D eigenvalue weighted by Gasteiger charge is -2.33. The van der Waals surface area contributed by atoms with Crippen LogP contribution in [0.3, 0.4) is 0 Å². The Kier molecular flexibility index (Phi) is 5.04. The number of benzene rings is 2. The predicted octanol–water partition coefficient (Wildman–Crippen LogP) is 4.03. The summed E-state index contributed by atoms with van der Waals surface area (Å²) in [6.45, 7) is 0.840. The Morgan fingerprint density at radius 3 is 2.73 bits per heavy atom. The monoisotopic (exact) mass is 517 g/mol. The van der Waals surface area contributed by atoms with Crippen LogP contribution < -0.4 is 9.64 Å². The molecule has 0 spiro atoms. The van der Waals surface area contributed by atoms with Crippen molar-refractivity contribution in [2.45, 2.75) is 37.8 Å². The van der Waals surface area contributed by atoms with E-state index in [1.54, 1.807) is 27.6 Å². The summed E-state index contributed by atoms with van der Waals surface area (Å²) in [6.07, 6.45) is 2.69. The number of oxazole rings is 1. The molecule has 0 saturated heterocycles. The molecular formula is C27H24ClN5O4. The molecule has 1 aliphatic carbocycles. The van der Waals surface area contributed by atoms with Crippen LogP contribution in [-0.2, 0) is 17.8 Å². The highest BCUT2D eigenvalue weighted by molar-refractivity contribution is 6.31. The summed E-state index contributed by atoms with van der Waals surface area (Å²) in [6, 6.07) is 12.6. The Hall–Kier alpha value is -3.85. The second-order valence-electron chi connectivity index (χ2n) is 9.85. The van der Waals surface area contributed by atoms with Gasteiger partial charge in [0.2, 0.25) is 0 Å². The lowest BCUT2D eigenvalue weighted by atomic mass is 10.0. The van der Waals surface area contributed by atoms with Gasteiger partial charge in [-0.1, -0.05) is 41.9 Å². The van der Waals surface area contributed by atoms with Gasteiger partial charge < -0.3 is 19.0 Å². The van der Waals surface area contributed by atoms with E-state index in [1.165, 1.54) is 0 Å². The molecule has 3 aliphatic rings. The number of hydrogen-bond donors (Lipinski definition) is 0. The van der Waals surface area contributed by atoms with E-state index < -0.39 is 6.04 Å². The number of carbonyl (C=O) groups is 2. The van der Waals surface area contributed by atoms with E-state index in [0.29, 0.717) is 58.8 Å². The summed E-state index contributed by atoms with van der Waals surface area (Å²) in [7, 11) is 1.70. The van der Waals surface area contributed by atoms with Crippen LogP contribution in [0.4, 0.5) is 5.69 Å². The lowest BCUT2D eigenvalue weighted by molar-refractivity contribution is -0.123. The Balaban J connectivity index is 1.16. The van der Waals surface area contributed by atoms with Gasteiger partial charge in [-0.05, 0) is 30.9 Å². The number of hydrogen-bond acceptors (Lipinski definition) is 6. The van der Waals surface area contributed by atoms with E-state index in [4.69, 9.17) is 20.8 Å². The standard InChI is InChI=1S/C27H24ClN5O4/c1-31-19-11-18-21(37-25(29-18)16-7-8-16)12-22(19)36-14-20(26(31)34)32-10-9-17-23(27(32)35)30-33(24(17)28)13-15-5-3-2-4-6-15/h2-6,11-12,16,20H,7-10,13-14H2,1H3/t20-/m0/s1. The van der Waals surface area contributed by atoms with Gasteiger partial charge in [0.25, 0.3) is 11.8 Å². The molecule has 1 fully saturated rings. The molecule has 0 radical (unpaired) electrons. The number of fused-ring (bicyclic) bond motifs is 3. The summed E-state index contributed by atoms with van der Waals surface area (Å²) in [5, 5.41) is 5.00. The maximum absolute atomic E-state index is 13.6. The smallest absolute Gasteiger partial charge is 0.275 e. The van der Waals surface area contributed by atoms with Crippen LogP contribution in [0.2, 0.25) is 5.15 Å². The van der Waals surface area contributed by atoms with Crippen molar-refractivity contribution in [3.63, 3.8) is 0 Å². The van der Waals surface area contributed by atoms with E-state index in [0.717, 1.165) is 29.9 Å². The number of likely N-dealkylation sites (N-methyl/N-ethyl adjacent to an activating group) is 1. The van der Waals surface area contributed by atoms with Crippen molar-refractivity contribution < 1.29 is 18.7 Å². The molecule has 2 aliphatic heterocycles. The third-order valence-corrected chi connectivity index (χ3v) is 7.81. The molecule has 7 rings (SSSR count). The summed E-state index contributed by atoms with van der Waals surface area (Å²) in [5.74, 6) is 1.11. The second-order valence-corrected chi connectivity index (χ2v) is 10.2. The minimum Gasteiger partial charge on any atom is -0.489 e. The lowest BCUT2D eigenvalue weighted by Crippen LogP contribution is -2.54. The molecule has 1 saturated carbocycles. The molecule has 0 N–H and O–H groups in total. The van der Waals surface area contributed by atoms with Gasteiger partial charge in [0.1, 0.15) is 29.1 Å². The van der Waals surface area contributed by atoms with Crippen molar-refractivity contribution in [1.82, 2.24) is 19.7 Å². The maximum atomic E-state index is 13.6. The van der Waals surface area contributed by atoms with Gasteiger partial charge in [-0.15, -0.1) is 0 Å². The molecule has 9 nitrogen and oxygen atoms in total. The molecule has 4 heterocycles. The van der Waals surface area contributed by atoms with Crippen LogP contribution in [0, 0.1) is 0 Å². The first-order valence-corrected chi connectivity index (χ1v) is 12.8. The largest absolute Gasteiger partial charge is 0.489 e. The average molecular weight is 518 g/mol. The SMILES string of the molecule is CN1C(=O)[C@@H](N2CCc3c(nn(Cc4ccccc4)c3Cl)C2=O)COc2cc3oc(C4CC4)nc3cc21. The van der Waals surface area contributed by atoms with Crippen molar-refractivity contribution in [2.75, 3.05) is 25.1 Å². The summed E-state index contributed by atoms with van der Waals surface area (Å²) >= 11 is 6.62. The Morgan fingerprint density at radius 1 is 1.14 bits per heavy atom. The first-order chi connectivity index (χ1) is 18.0. The van der Waals surface area contributed by atoms with Gasteiger partial charge in [-0.2, -0.15) is 5.10 Å². The normalized spacial score (nSPS) is 19.6. The fraction of sp³-hybridized carbons (Fsp3) is 0.333. The number of anilines is 1. The van der Waals surface area contributed by atoms with Gasteiger partial charge in [-0.3, -0.25) is 9.59 Å². The van der Waals surface area contributed by atoms with Crippen molar-refractivity contribution in [2.24, 2.45) is 0 Å².